The van der Waals surface area contributed by atoms with Crippen LogP contribution in [0.15, 0.2) is 73.1 Å². The molecule has 2 aromatic heterocycles. The van der Waals surface area contributed by atoms with Gasteiger partial charge < -0.3 is 24.6 Å². The third-order valence-corrected chi connectivity index (χ3v) is 17.5. The van der Waals surface area contributed by atoms with Crippen LogP contribution in [0.3, 0.4) is 0 Å². The van der Waals surface area contributed by atoms with Gasteiger partial charge in [0.15, 0.2) is 5.82 Å². The van der Waals surface area contributed by atoms with E-state index in [1.54, 1.807) is 17.2 Å². The van der Waals surface area contributed by atoms with Crippen LogP contribution >= 0.6 is 0 Å². The zero-order valence-electron chi connectivity index (χ0n) is 38.9. The first kappa shape index (κ1) is 46.1. The van der Waals surface area contributed by atoms with Gasteiger partial charge in [0, 0.05) is 129 Å². The summed E-state index contributed by atoms with van der Waals surface area (Å²) in [4.78, 5) is 67.8. The molecule has 11 rings (SSSR count). The number of ketones is 1. The molecule has 6 aliphatic heterocycles. The SMILES string of the molecule is C[C@@]12CN(CC3CCN(c4ccc5c(c4)CN(C4CCC(=O)NC4=O)C5=O)CC3)C[C@]1(C)CN(c1ccc(-c3cnc4[nH]cc(C(=O)c5c(F)ccc(NS(=O)(=O)N6CC[C@@H](F)C6)c5F)c4c3)cc1)C2. The monoisotopic (exact) mass is 977 g/mol. The molecule has 1 unspecified atom stereocenters. The first-order valence-corrected chi connectivity index (χ1v) is 25.4. The number of carbonyl (C=O) groups excluding carboxylic acids is 4. The number of imide groups is 1. The highest BCUT2D eigenvalue weighted by Crippen LogP contribution is 2.53. The Kier molecular flexibility index (Phi) is 11.3. The van der Waals surface area contributed by atoms with Gasteiger partial charge in [-0.2, -0.15) is 12.7 Å². The molecule has 0 spiro atoms. The fraction of sp³-hybridized carbons (Fsp3) is 0.431. The molecule has 3 N–H and O–H groups in total. The lowest BCUT2D eigenvalue weighted by molar-refractivity contribution is -0.136. The summed E-state index contributed by atoms with van der Waals surface area (Å²) in [6.45, 7) is 11.5. The molecule has 6 aliphatic rings. The van der Waals surface area contributed by atoms with Gasteiger partial charge in [0.05, 0.1) is 11.3 Å². The number of aromatic nitrogens is 2. The Balaban J connectivity index is 0.706. The van der Waals surface area contributed by atoms with Gasteiger partial charge in [-0.25, -0.2) is 18.2 Å². The number of amides is 3. The largest absolute Gasteiger partial charge is 0.372 e. The maximum absolute atomic E-state index is 15.8. The molecule has 0 saturated carbocycles. The molecule has 5 fully saturated rings. The number of likely N-dealkylation sites (tertiary alicyclic amines) is 1. The number of alkyl halides is 1. The Labute approximate surface area is 403 Å². The van der Waals surface area contributed by atoms with Crippen molar-refractivity contribution in [3.8, 4) is 11.1 Å². The number of aromatic amines is 1. The number of carbonyl (C=O) groups is 4. The summed E-state index contributed by atoms with van der Waals surface area (Å²) < 4.78 is 73.4. The molecule has 3 amide bonds. The second kappa shape index (κ2) is 17.2. The number of benzene rings is 3. The predicted octanol–water partition coefficient (Wildman–Crippen LogP) is 6.27. The zero-order chi connectivity index (χ0) is 48.9. The number of rotatable bonds is 11. The fourth-order valence-electron chi connectivity index (χ4n) is 11.9. The molecule has 0 aliphatic carbocycles. The maximum Gasteiger partial charge on any atom is 0.301 e. The highest BCUT2D eigenvalue weighted by atomic mass is 32.2. The van der Waals surface area contributed by atoms with Crippen LogP contribution in [0.2, 0.25) is 0 Å². The molecule has 19 heteroatoms. The second-order valence-electron chi connectivity index (χ2n) is 20.7. The van der Waals surface area contributed by atoms with Gasteiger partial charge >= 0.3 is 10.2 Å². The molecule has 3 aromatic carbocycles. The number of H-pyrrole nitrogens is 1. The molecule has 0 bridgehead atoms. The molecule has 5 aromatic rings. The lowest BCUT2D eigenvalue weighted by atomic mass is 9.71. The van der Waals surface area contributed by atoms with Crippen LogP contribution < -0.4 is 19.8 Å². The van der Waals surface area contributed by atoms with Crippen molar-refractivity contribution in [2.75, 3.05) is 73.4 Å². The van der Waals surface area contributed by atoms with Crippen LogP contribution in [0, 0.1) is 28.4 Å². The van der Waals surface area contributed by atoms with E-state index in [-0.39, 0.29) is 54.1 Å². The third kappa shape index (κ3) is 8.08. The number of halogens is 3. The summed E-state index contributed by atoms with van der Waals surface area (Å²) in [5, 5.41) is 2.71. The molecule has 70 heavy (non-hydrogen) atoms. The van der Waals surface area contributed by atoms with Gasteiger partial charge in [-0.15, -0.1) is 0 Å². The summed E-state index contributed by atoms with van der Waals surface area (Å²) in [7, 11) is -4.36. The van der Waals surface area contributed by atoms with E-state index in [4.69, 9.17) is 0 Å². The Bertz CT molecular complexity index is 3070. The third-order valence-electron chi connectivity index (χ3n) is 16.0. The van der Waals surface area contributed by atoms with Gasteiger partial charge in [-0.1, -0.05) is 26.0 Å². The second-order valence-corrected chi connectivity index (χ2v) is 22.3. The molecule has 8 heterocycles. The van der Waals surface area contributed by atoms with Gasteiger partial charge in [0.2, 0.25) is 17.6 Å². The standard InChI is InChI=1S/C51H54F3N9O6S/c1-50-26-59(23-30-13-16-60(17-14-30)36-7-8-37-33(19-36)24-63(49(37)67)42-11-12-43(64)57-48(42)66)27-51(50,2)29-61(28-50)35-5-3-31(4-6-35)32-20-38-39(22-56-47(38)55-21-32)46(65)44-40(53)9-10-41(45(44)54)58-70(68,69)62-18-15-34(52)25-62/h3-10,19-22,30,34,42,58H,11-18,23-29H2,1-2H3,(H,55,56)(H,57,64,66)/t34-,42?,50-,51+/m1/s1. The number of nitrogens with zero attached hydrogens (tertiary/aromatic N) is 6. The van der Waals surface area contributed by atoms with Crippen molar-refractivity contribution in [3.05, 3.63) is 107 Å². The van der Waals surface area contributed by atoms with Crippen molar-refractivity contribution >= 4 is 61.8 Å². The zero-order valence-corrected chi connectivity index (χ0v) is 39.8. The quantitative estimate of drug-likeness (QED) is 0.101. The molecule has 366 valence electrons. The first-order chi connectivity index (χ1) is 33.5. The number of anilines is 3. The Hall–Kier alpha value is -6.31. The van der Waals surface area contributed by atoms with E-state index in [9.17, 15) is 32.0 Å². The van der Waals surface area contributed by atoms with Crippen molar-refractivity contribution in [1.29, 1.82) is 0 Å². The minimum atomic E-state index is -4.36. The number of piperidine rings is 2. The molecule has 15 nitrogen and oxygen atoms in total. The minimum absolute atomic E-state index is 0.00363. The number of fused-ring (bicyclic) bond motifs is 3. The topological polar surface area (TPSA) is 171 Å². The molecule has 4 atom stereocenters. The number of nitrogens with one attached hydrogen (secondary N) is 3. The molecule has 0 radical (unpaired) electrons. The number of hydrogen-bond acceptors (Lipinski definition) is 10. The fourth-order valence-corrected chi connectivity index (χ4v) is 13.2. The van der Waals surface area contributed by atoms with E-state index in [2.05, 4.69) is 66.8 Å². The summed E-state index contributed by atoms with van der Waals surface area (Å²) in [5.41, 5.74) is 4.16. The van der Waals surface area contributed by atoms with Crippen molar-refractivity contribution in [2.24, 2.45) is 16.7 Å². The summed E-state index contributed by atoms with van der Waals surface area (Å²) in [6, 6.07) is 17.0. The normalized spacial score (nSPS) is 25.6. The summed E-state index contributed by atoms with van der Waals surface area (Å²) >= 11 is 0. The van der Waals surface area contributed by atoms with Gasteiger partial charge in [-0.3, -0.25) is 29.2 Å². The maximum atomic E-state index is 15.8. The highest BCUT2D eigenvalue weighted by molar-refractivity contribution is 7.90. The van der Waals surface area contributed by atoms with Crippen molar-refractivity contribution < 1.29 is 40.8 Å². The van der Waals surface area contributed by atoms with Crippen LogP contribution in [0.25, 0.3) is 22.2 Å². The smallest absolute Gasteiger partial charge is 0.301 e. The number of pyridine rings is 1. The van der Waals surface area contributed by atoms with Gasteiger partial charge in [0.1, 0.15) is 23.7 Å². The number of hydrogen-bond donors (Lipinski definition) is 3. The molecule has 5 saturated heterocycles. The molecular weight excluding hydrogens is 924 g/mol. The van der Waals surface area contributed by atoms with Crippen molar-refractivity contribution in [2.45, 2.75) is 64.7 Å². The van der Waals surface area contributed by atoms with E-state index >= 15 is 8.78 Å². The van der Waals surface area contributed by atoms with E-state index in [0.717, 1.165) is 97.6 Å². The van der Waals surface area contributed by atoms with Crippen molar-refractivity contribution in [1.82, 2.24) is 29.4 Å². The van der Waals surface area contributed by atoms with Crippen LogP contribution in [0.1, 0.15) is 77.8 Å². The Morgan fingerprint density at radius 1 is 0.857 bits per heavy atom. The lowest BCUT2D eigenvalue weighted by Gasteiger charge is -2.36. The molecular formula is C51H54F3N9O6S. The van der Waals surface area contributed by atoms with E-state index in [1.807, 2.05) is 24.3 Å². The summed E-state index contributed by atoms with van der Waals surface area (Å²) in [5.74, 6) is -3.82. The predicted molar refractivity (Wildman–Crippen MR) is 257 cm³/mol. The highest BCUT2D eigenvalue weighted by Gasteiger charge is 2.57. The first-order valence-electron chi connectivity index (χ1n) is 24.0. The van der Waals surface area contributed by atoms with Crippen LogP contribution in [-0.4, -0.2) is 127 Å². The minimum Gasteiger partial charge on any atom is -0.372 e. The van der Waals surface area contributed by atoms with Gasteiger partial charge in [0.25, 0.3) is 5.91 Å². The van der Waals surface area contributed by atoms with Gasteiger partial charge in [-0.05, 0) is 91.3 Å². The average molecular weight is 978 g/mol. The van der Waals surface area contributed by atoms with Crippen LogP contribution in [0.5, 0.6) is 0 Å². The lowest BCUT2D eigenvalue weighted by Crippen LogP contribution is -2.52. The Morgan fingerprint density at radius 3 is 2.29 bits per heavy atom. The van der Waals surface area contributed by atoms with Crippen LogP contribution in [-0.2, 0) is 26.3 Å². The van der Waals surface area contributed by atoms with E-state index in [0.29, 0.717) is 41.0 Å². The summed E-state index contributed by atoms with van der Waals surface area (Å²) in [6.07, 6.45) is 4.37. The average Bonchev–Trinajstić information content (AvgIpc) is 4.14. The Morgan fingerprint density at radius 2 is 1.59 bits per heavy atom. The van der Waals surface area contributed by atoms with E-state index in [1.165, 1.54) is 6.20 Å². The van der Waals surface area contributed by atoms with Crippen molar-refractivity contribution in [3.63, 3.8) is 0 Å². The van der Waals surface area contributed by atoms with E-state index < -0.39 is 57.0 Å². The van der Waals surface area contributed by atoms with Crippen LogP contribution in [0.4, 0.5) is 30.2 Å².